The van der Waals surface area contributed by atoms with E-state index in [9.17, 15) is 4.79 Å². The molecule has 1 N–H and O–H groups in total. The molecule has 0 aliphatic heterocycles. The first-order valence-electron chi connectivity index (χ1n) is 6.10. The Kier molecular flexibility index (Phi) is 4.27. The van der Waals surface area contributed by atoms with Crippen LogP contribution in [0.15, 0.2) is 30.5 Å². The van der Waals surface area contributed by atoms with Crippen molar-refractivity contribution in [3.8, 4) is 28.4 Å². The summed E-state index contributed by atoms with van der Waals surface area (Å²) < 4.78 is 15.7. The molecule has 2 aromatic rings. The lowest BCUT2D eigenvalue weighted by molar-refractivity contribution is 0.0690. The van der Waals surface area contributed by atoms with Crippen LogP contribution in [0.5, 0.6) is 17.2 Å². The van der Waals surface area contributed by atoms with Gasteiger partial charge in [0.15, 0.2) is 17.2 Å². The third-order valence-electron chi connectivity index (χ3n) is 3.00. The summed E-state index contributed by atoms with van der Waals surface area (Å²) in [5, 5.41) is 8.96. The molecule has 0 aliphatic carbocycles. The van der Waals surface area contributed by atoms with Crippen LogP contribution in [0, 0.1) is 0 Å². The Balaban J connectivity index is 2.53. The van der Waals surface area contributed by atoms with Gasteiger partial charge in [0.2, 0.25) is 0 Å². The first-order valence-corrected chi connectivity index (χ1v) is 6.10. The fraction of sp³-hybridized carbons (Fsp3) is 0.200. The number of rotatable bonds is 5. The number of nitrogens with zero attached hydrogens (tertiary/aromatic N) is 1. The predicted molar refractivity (Wildman–Crippen MR) is 76.3 cm³/mol. The van der Waals surface area contributed by atoms with Gasteiger partial charge in [0, 0.05) is 17.8 Å². The average molecular weight is 289 g/mol. The minimum absolute atomic E-state index is 0.0731. The lowest BCUT2D eigenvalue weighted by Gasteiger charge is -2.12. The topological polar surface area (TPSA) is 77.9 Å². The highest BCUT2D eigenvalue weighted by molar-refractivity contribution is 5.87. The van der Waals surface area contributed by atoms with Gasteiger partial charge in [-0.1, -0.05) is 6.07 Å². The largest absolute Gasteiger partial charge is 0.496 e. The second-order valence-corrected chi connectivity index (χ2v) is 4.14. The van der Waals surface area contributed by atoms with Crippen molar-refractivity contribution in [2.75, 3.05) is 21.3 Å². The average Bonchev–Trinajstić information content (AvgIpc) is 2.53. The van der Waals surface area contributed by atoms with E-state index in [1.54, 1.807) is 26.4 Å². The van der Waals surface area contributed by atoms with Crippen molar-refractivity contribution < 1.29 is 24.1 Å². The highest BCUT2D eigenvalue weighted by Crippen LogP contribution is 2.36. The predicted octanol–water partition coefficient (Wildman–Crippen LogP) is 2.47. The molecule has 0 bridgehead atoms. The number of carboxylic acid groups (broad SMARTS) is 1. The van der Waals surface area contributed by atoms with Gasteiger partial charge >= 0.3 is 5.97 Å². The zero-order chi connectivity index (χ0) is 15.4. The Hall–Kier alpha value is -2.76. The van der Waals surface area contributed by atoms with Crippen molar-refractivity contribution in [1.82, 2.24) is 4.98 Å². The van der Waals surface area contributed by atoms with E-state index >= 15 is 0 Å². The van der Waals surface area contributed by atoms with Gasteiger partial charge in [-0.25, -0.2) is 9.78 Å². The highest BCUT2D eigenvalue weighted by Gasteiger charge is 2.14. The standard InChI is InChI=1S/C15H15NO5/c1-19-12-5-4-9(6-14(12)21-3)10-8-16-11(15(17)18)7-13(10)20-2/h4-8H,1-3H3,(H,17,18). The van der Waals surface area contributed by atoms with Crippen molar-refractivity contribution in [3.63, 3.8) is 0 Å². The van der Waals surface area contributed by atoms with Gasteiger partial charge < -0.3 is 19.3 Å². The zero-order valence-corrected chi connectivity index (χ0v) is 11.9. The van der Waals surface area contributed by atoms with Gasteiger partial charge in [0.05, 0.1) is 21.3 Å². The molecule has 0 saturated carbocycles. The number of aromatic nitrogens is 1. The molecular formula is C15H15NO5. The molecule has 1 aromatic heterocycles. The summed E-state index contributed by atoms with van der Waals surface area (Å²) in [5.74, 6) is 0.497. The van der Waals surface area contributed by atoms with E-state index in [1.807, 2.05) is 6.07 Å². The summed E-state index contributed by atoms with van der Waals surface area (Å²) >= 11 is 0. The highest BCUT2D eigenvalue weighted by atomic mass is 16.5. The first-order chi connectivity index (χ1) is 10.1. The van der Waals surface area contributed by atoms with Crippen LogP contribution >= 0.6 is 0 Å². The second-order valence-electron chi connectivity index (χ2n) is 4.14. The summed E-state index contributed by atoms with van der Waals surface area (Å²) in [7, 11) is 4.58. The molecule has 2 rings (SSSR count). The molecule has 0 saturated heterocycles. The van der Waals surface area contributed by atoms with E-state index in [1.165, 1.54) is 19.4 Å². The molecule has 0 aliphatic rings. The van der Waals surface area contributed by atoms with Crippen LogP contribution in [0.25, 0.3) is 11.1 Å². The van der Waals surface area contributed by atoms with Crippen LogP contribution in [0.4, 0.5) is 0 Å². The number of carboxylic acids is 1. The van der Waals surface area contributed by atoms with Crippen LogP contribution in [0.2, 0.25) is 0 Å². The van der Waals surface area contributed by atoms with Crippen molar-refractivity contribution in [2.45, 2.75) is 0 Å². The maximum Gasteiger partial charge on any atom is 0.354 e. The van der Waals surface area contributed by atoms with E-state index in [4.69, 9.17) is 19.3 Å². The molecule has 1 aromatic carbocycles. The Morgan fingerprint density at radius 3 is 2.24 bits per heavy atom. The van der Waals surface area contributed by atoms with Crippen LogP contribution in [-0.4, -0.2) is 37.4 Å². The number of ether oxygens (including phenoxy) is 3. The van der Waals surface area contributed by atoms with Gasteiger partial charge in [-0.15, -0.1) is 0 Å². The first kappa shape index (κ1) is 14.6. The van der Waals surface area contributed by atoms with Gasteiger partial charge in [-0.2, -0.15) is 0 Å². The van der Waals surface area contributed by atoms with E-state index in [2.05, 4.69) is 4.98 Å². The van der Waals surface area contributed by atoms with Crippen LogP contribution < -0.4 is 14.2 Å². The fourth-order valence-electron chi connectivity index (χ4n) is 1.94. The number of aromatic carboxylic acids is 1. The molecule has 0 radical (unpaired) electrons. The normalized spacial score (nSPS) is 10.0. The quantitative estimate of drug-likeness (QED) is 0.911. The third-order valence-corrected chi connectivity index (χ3v) is 3.00. The summed E-state index contributed by atoms with van der Waals surface area (Å²) in [4.78, 5) is 14.9. The number of benzene rings is 1. The minimum Gasteiger partial charge on any atom is -0.496 e. The summed E-state index contributed by atoms with van der Waals surface area (Å²) in [6, 6.07) is 6.74. The van der Waals surface area contributed by atoms with E-state index in [0.29, 0.717) is 22.8 Å². The Bertz CT molecular complexity index is 669. The van der Waals surface area contributed by atoms with Crippen LogP contribution in [0.1, 0.15) is 10.5 Å². The molecule has 0 fully saturated rings. The van der Waals surface area contributed by atoms with Crippen molar-refractivity contribution in [3.05, 3.63) is 36.2 Å². The van der Waals surface area contributed by atoms with Gasteiger partial charge in [-0.05, 0) is 17.7 Å². The SMILES string of the molecule is COc1ccc(-c2cnc(C(=O)O)cc2OC)cc1OC. The van der Waals surface area contributed by atoms with Gasteiger partial charge in [0.25, 0.3) is 0 Å². The molecule has 0 amide bonds. The van der Waals surface area contributed by atoms with Crippen molar-refractivity contribution in [2.24, 2.45) is 0 Å². The second kappa shape index (κ2) is 6.13. The van der Waals surface area contributed by atoms with Crippen molar-refractivity contribution >= 4 is 5.97 Å². The van der Waals surface area contributed by atoms with Crippen LogP contribution in [0.3, 0.4) is 0 Å². The van der Waals surface area contributed by atoms with Crippen LogP contribution in [-0.2, 0) is 0 Å². The molecule has 0 spiro atoms. The zero-order valence-electron chi connectivity index (χ0n) is 11.9. The number of hydrogen-bond donors (Lipinski definition) is 1. The molecule has 110 valence electrons. The molecular weight excluding hydrogens is 274 g/mol. The smallest absolute Gasteiger partial charge is 0.354 e. The maximum absolute atomic E-state index is 10.9. The summed E-state index contributed by atoms with van der Waals surface area (Å²) in [6.07, 6.45) is 1.46. The Morgan fingerprint density at radius 1 is 1.00 bits per heavy atom. The molecule has 6 heteroatoms. The van der Waals surface area contributed by atoms with E-state index in [-0.39, 0.29) is 5.69 Å². The van der Waals surface area contributed by atoms with Gasteiger partial charge in [-0.3, -0.25) is 0 Å². The number of hydrogen-bond acceptors (Lipinski definition) is 5. The Labute approximate surface area is 121 Å². The minimum atomic E-state index is -1.10. The summed E-state index contributed by atoms with van der Waals surface area (Å²) in [6.45, 7) is 0. The molecule has 1 heterocycles. The lowest BCUT2D eigenvalue weighted by atomic mass is 10.1. The molecule has 0 unspecified atom stereocenters. The Morgan fingerprint density at radius 2 is 1.67 bits per heavy atom. The lowest BCUT2D eigenvalue weighted by Crippen LogP contribution is -2.01. The monoisotopic (exact) mass is 289 g/mol. The van der Waals surface area contributed by atoms with Crippen molar-refractivity contribution in [1.29, 1.82) is 0 Å². The molecule has 21 heavy (non-hydrogen) atoms. The molecule has 6 nitrogen and oxygen atoms in total. The fourth-order valence-corrected chi connectivity index (χ4v) is 1.94. The van der Waals surface area contributed by atoms with Gasteiger partial charge in [0.1, 0.15) is 5.75 Å². The number of methoxy groups -OCH3 is 3. The molecule has 0 atom stereocenters. The maximum atomic E-state index is 10.9. The van der Waals surface area contributed by atoms with E-state index in [0.717, 1.165) is 5.56 Å². The van der Waals surface area contributed by atoms with E-state index < -0.39 is 5.97 Å². The number of carbonyl (C=O) groups is 1. The number of pyridine rings is 1. The summed E-state index contributed by atoms with van der Waals surface area (Å²) in [5.41, 5.74) is 1.38. The third kappa shape index (κ3) is 2.89.